The molecule has 2 heterocycles. The van der Waals surface area contributed by atoms with Gasteiger partial charge in [0.15, 0.2) is 5.06 Å². The number of nitrogens with zero attached hydrogens (tertiary/aromatic N) is 1. The largest absolute Gasteiger partial charge is 0.414 e. The maximum atomic E-state index is 12.8. The van der Waals surface area contributed by atoms with Gasteiger partial charge >= 0.3 is 6.09 Å². The third-order valence-corrected chi connectivity index (χ3v) is 6.97. The molecule has 2 amide bonds. The van der Waals surface area contributed by atoms with Crippen LogP contribution in [0.5, 0.6) is 5.06 Å². The molecule has 1 aliphatic heterocycles. The van der Waals surface area contributed by atoms with Crippen molar-refractivity contribution >= 4 is 67.8 Å². The molecule has 166 valence electrons. The van der Waals surface area contributed by atoms with Crippen LogP contribution in [0.3, 0.4) is 0 Å². The van der Waals surface area contributed by atoms with Gasteiger partial charge in [0.05, 0.1) is 8.77 Å². The summed E-state index contributed by atoms with van der Waals surface area (Å²) in [7, 11) is 0. The number of nitrogens with one attached hydrogen (secondary N) is 2. The quantitative estimate of drug-likeness (QED) is 0.468. The van der Waals surface area contributed by atoms with Crippen molar-refractivity contribution in [1.29, 1.82) is 0 Å². The van der Waals surface area contributed by atoms with E-state index >= 15 is 0 Å². The van der Waals surface area contributed by atoms with Crippen molar-refractivity contribution in [2.75, 3.05) is 16.8 Å². The Morgan fingerprint density at radius 2 is 1.97 bits per heavy atom. The third kappa shape index (κ3) is 6.27. The first kappa shape index (κ1) is 23.7. The van der Waals surface area contributed by atoms with Gasteiger partial charge in [0, 0.05) is 17.9 Å². The number of hydrogen-bond acceptors (Lipinski definition) is 5. The molecule has 0 atom stereocenters. The van der Waals surface area contributed by atoms with Crippen LogP contribution in [-0.2, 0) is 4.79 Å². The van der Waals surface area contributed by atoms with Crippen LogP contribution < -0.4 is 20.3 Å². The van der Waals surface area contributed by atoms with Crippen molar-refractivity contribution in [2.24, 2.45) is 0 Å². The highest BCUT2D eigenvalue weighted by molar-refractivity contribution is 9.11. The second-order valence-corrected chi connectivity index (χ2v) is 10.9. The number of rotatable bonds is 5. The van der Waals surface area contributed by atoms with Crippen molar-refractivity contribution < 1.29 is 14.3 Å². The Labute approximate surface area is 200 Å². The number of aryl methyl sites for hydroxylation is 1. The van der Waals surface area contributed by atoms with Gasteiger partial charge in [-0.3, -0.25) is 4.79 Å². The highest BCUT2D eigenvalue weighted by Crippen LogP contribution is 2.29. The smallest absolute Gasteiger partial charge is 0.399 e. The molecule has 0 bridgehead atoms. The van der Waals surface area contributed by atoms with E-state index in [1.807, 2.05) is 25.1 Å². The fraction of sp³-hybridized carbons (Fsp3) is 0.409. The fourth-order valence-electron chi connectivity index (χ4n) is 3.34. The maximum absolute atomic E-state index is 12.8. The average Bonchev–Trinajstić information content (AvgIpc) is 2.96. The van der Waals surface area contributed by atoms with E-state index in [1.165, 1.54) is 17.8 Å². The lowest BCUT2D eigenvalue weighted by atomic mass is 10.0. The van der Waals surface area contributed by atoms with E-state index in [4.69, 9.17) is 17.0 Å². The summed E-state index contributed by atoms with van der Waals surface area (Å²) < 4.78 is 6.09. The summed E-state index contributed by atoms with van der Waals surface area (Å²) >= 11 is 10.2. The molecule has 0 unspecified atom stereocenters. The van der Waals surface area contributed by atoms with Crippen LogP contribution in [-0.4, -0.2) is 29.1 Å². The minimum absolute atomic E-state index is 0.339. The van der Waals surface area contributed by atoms with E-state index < -0.39 is 11.6 Å². The molecule has 9 heteroatoms. The van der Waals surface area contributed by atoms with Crippen LogP contribution in [0.4, 0.5) is 16.2 Å². The number of thiocarbonyl (C=S) groups is 1. The molecule has 0 saturated carbocycles. The summed E-state index contributed by atoms with van der Waals surface area (Å²) in [5, 5.41) is 5.94. The molecule has 1 aliphatic rings. The Bertz CT molecular complexity index is 990. The minimum Gasteiger partial charge on any atom is -0.399 e. The summed E-state index contributed by atoms with van der Waals surface area (Å²) in [5.41, 5.74) is 1.62. The minimum atomic E-state index is -1.16. The van der Waals surface area contributed by atoms with Crippen LogP contribution in [0, 0.1) is 6.92 Å². The van der Waals surface area contributed by atoms with Gasteiger partial charge in [-0.2, -0.15) is 0 Å². The van der Waals surface area contributed by atoms with Crippen LogP contribution in [0.15, 0.2) is 34.1 Å². The second-order valence-electron chi connectivity index (χ2n) is 8.01. The number of hydrogen-bond donors (Lipinski definition) is 2. The van der Waals surface area contributed by atoms with Gasteiger partial charge in [-0.1, -0.05) is 30.0 Å². The Kier molecular flexibility index (Phi) is 7.72. The molecule has 1 aromatic carbocycles. The molecular formula is C22H26BrN3O3S2. The normalized spacial score (nSPS) is 14.7. The number of anilines is 2. The summed E-state index contributed by atoms with van der Waals surface area (Å²) in [4.78, 5) is 28.2. The molecule has 6 nitrogen and oxygen atoms in total. The predicted molar refractivity (Wildman–Crippen MR) is 133 cm³/mol. The number of thiophene rings is 1. The SMILES string of the molecule is Cc1cc(NC(=O)C(C)(C)NC(=O)Oc2ccc(Br)s2)ccc1N1CCCCCC1=S. The van der Waals surface area contributed by atoms with E-state index in [2.05, 4.69) is 31.5 Å². The van der Waals surface area contributed by atoms with Gasteiger partial charge < -0.3 is 20.3 Å². The first-order valence-corrected chi connectivity index (χ1v) is 12.2. The summed E-state index contributed by atoms with van der Waals surface area (Å²) in [6, 6.07) is 9.26. The van der Waals surface area contributed by atoms with Crippen LogP contribution in [0.2, 0.25) is 0 Å². The standard InChI is InChI=1S/C22H26BrN3O3S2/c1-14-13-15(8-9-16(14)26-12-6-4-5-7-18(26)30)24-20(27)22(2,3)25-21(28)29-19-11-10-17(23)31-19/h8-11,13H,4-7,12H2,1-3H3,(H,24,27)(H,25,28). The van der Waals surface area contributed by atoms with Crippen LogP contribution in [0.25, 0.3) is 0 Å². The van der Waals surface area contributed by atoms with Crippen molar-refractivity contribution in [2.45, 2.75) is 52.0 Å². The zero-order valence-corrected chi connectivity index (χ0v) is 21.0. The highest BCUT2D eigenvalue weighted by atomic mass is 79.9. The monoisotopic (exact) mass is 523 g/mol. The number of halogens is 1. The van der Waals surface area contributed by atoms with Gasteiger partial charge in [-0.05, 0) is 91.9 Å². The molecule has 0 aliphatic carbocycles. The lowest BCUT2D eigenvalue weighted by Crippen LogP contribution is -2.53. The molecule has 1 aromatic heterocycles. The summed E-state index contributed by atoms with van der Waals surface area (Å²) in [5.74, 6) is -0.339. The van der Waals surface area contributed by atoms with Gasteiger partial charge in [-0.15, -0.1) is 0 Å². The van der Waals surface area contributed by atoms with Crippen LogP contribution >= 0.6 is 39.5 Å². The van der Waals surface area contributed by atoms with E-state index in [-0.39, 0.29) is 5.91 Å². The first-order valence-electron chi connectivity index (χ1n) is 10.1. The second kappa shape index (κ2) is 10.1. The Balaban J connectivity index is 1.64. The zero-order valence-electron chi connectivity index (χ0n) is 17.8. The van der Waals surface area contributed by atoms with E-state index in [9.17, 15) is 9.59 Å². The molecule has 31 heavy (non-hydrogen) atoms. The Morgan fingerprint density at radius 3 is 2.65 bits per heavy atom. The molecule has 0 radical (unpaired) electrons. The average molecular weight is 525 g/mol. The molecule has 2 aromatic rings. The highest BCUT2D eigenvalue weighted by Gasteiger charge is 2.31. The van der Waals surface area contributed by atoms with E-state index in [0.29, 0.717) is 10.8 Å². The summed E-state index contributed by atoms with van der Waals surface area (Å²) in [6.07, 6.45) is 3.70. The van der Waals surface area contributed by atoms with Crippen molar-refractivity contribution in [3.63, 3.8) is 0 Å². The molecule has 1 fully saturated rings. The van der Waals surface area contributed by atoms with Gasteiger partial charge in [0.1, 0.15) is 5.54 Å². The molecule has 0 spiro atoms. The molecule has 3 rings (SSSR count). The van der Waals surface area contributed by atoms with Crippen molar-refractivity contribution in [3.8, 4) is 5.06 Å². The van der Waals surface area contributed by atoms with E-state index in [0.717, 1.165) is 45.8 Å². The lowest BCUT2D eigenvalue weighted by Gasteiger charge is -2.27. The predicted octanol–water partition coefficient (Wildman–Crippen LogP) is 6.03. The summed E-state index contributed by atoms with van der Waals surface area (Å²) in [6.45, 7) is 6.19. The Hall–Kier alpha value is -1.97. The maximum Gasteiger partial charge on any atom is 0.414 e. The molecule has 2 N–H and O–H groups in total. The number of carbonyl (C=O) groups is 2. The van der Waals surface area contributed by atoms with Gasteiger partial charge in [0.2, 0.25) is 5.91 Å². The first-order chi connectivity index (χ1) is 14.7. The number of ether oxygens (including phenoxy) is 1. The number of carbonyl (C=O) groups excluding carboxylic acids is 2. The fourth-order valence-corrected chi connectivity index (χ4v) is 4.87. The lowest BCUT2D eigenvalue weighted by molar-refractivity contribution is -0.121. The van der Waals surface area contributed by atoms with E-state index in [1.54, 1.807) is 26.0 Å². The number of amides is 2. The van der Waals surface area contributed by atoms with Gasteiger partial charge in [-0.25, -0.2) is 4.79 Å². The third-order valence-electron chi connectivity index (χ3n) is 5.04. The molecular weight excluding hydrogens is 498 g/mol. The topological polar surface area (TPSA) is 70.7 Å². The zero-order chi connectivity index (χ0) is 22.6. The number of benzene rings is 1. The van der Waals surface area contributed by atoms with Gasteiger partial charge in [0.25, 0.3) is 0 Å². The Morgan fingerprint density at radius 1 is 1.19 bits per heavy atom. The van der Waals surface area contributed by atoms with Crippen LogP contribution in [0.1, 0.15) is 45.1 Å². The van der Waals surface area contributed by atoms with Crippen molar-refractivity contribution in [1.82, 2.24) is 5.32 Å². The van der Waals surface area contributed by atoms with Crippen molar-refractivity contribution in [3.05, 3.63) is 39.7 Å². The molecule has 1 saturated heterocycles.